The number of nitrogens with zero attached hydrogens (tertiary/aromatic N) is 2. The van der Waals surface area contributed by atoms with E-state index >= 15 is 0 Å². The van der Waals surface area contributed by atoms with E-state index in [1.165, 1.54) is 16.8 Å². The van der Waals surface area contributed by atoms with E-state index in [0.717, 1.165) is 6.67 Å². The Morgan fingerprint density at radius 1 is 1.29 bits per heavy atom. The maximum absolute atomic E-state index is 4.21. The Hall–Kier alpha value is -1.57. The van der Waals surface area contributed by atoms with Crippen molar-refractivity contribution in [2.24, 2.45) is 4.99 Å². The van der Waals surface area contributed by atoms with E-state index in [2.05, 4.69) is 48.1 Å². The van der Waals surface area contributed by atoms with Crippen LogP contribution in [0.1, 0.15) is 11.1 Å². The van der Waals surface area contributed by atoms with Crippen LogP contribution in [0.5, 0.6) is 0 Å². The van der Waals surface area contributed by atoms with Gasteiger partial charge in [-0.2, -0.15) is 0 Å². The molecule has 1 heterocycles. The van der Waals surface area contributed by atoms with Gasteiger partial charge in [0.15, 0.2) is 0 Å². The highest BCUT2D eigenvalue weighted by atomic mass is 15.2. The lowest BCUT2D eigenvalue weighted by atomic mass is 10.1. The normalized spacial score (nSPS) is 14.9. The molecule has 0 amide bonds. The van der Waals surface area contributed by atoms with Crippen LogP contribution in [-0.2, 0) is 0 Å². The number of hydrogen-bond acceptors (Lipinski definition) is 2. The minimum Gasteiger partial charge on any atom is -0.328 e. The molecule has 1 aromatic rings. The number of aliphatic imine (C=N–C) groups is 1. The van der Waals surface area contributed by atoms with Crippen LogP contribution in [0.3, 0.4) is 0 Å². The number of hydrogen-bond donors (Lipinski definition) is 0. The Kier molecular flexibility index (Phi) is 2.35. The van der Waals surface area contributed by atoms with Gasteiger partial charge in [-0.05, 0) is 31.6 Å². The van der Waals surface area contributed by atoms with Crippen molar-refractivity contribution in [3.8, 4) is 0 Å². The summed E-state index contributed by atoms with van der Waals surface area (Å²) >= 11 is 0. The maximum atomic E-state index is 4.21. The molecule has 0 fully saturated rings. The number of aryl methyl sites for hydroxylation is 2. The molecule has 0 unspecified atom stereocenters. The molecule has 1 aromatic carbocycles. The molecule has 0 atom stereocenters. The van der Waals surface area contributed by atoms with Crippen LogP contribution in [0, 0.1) is 13.8 Å². The molecule has 0 radical (unpaired) electrons. The van der Waals surface area contributed by atoms with Crippen molar-refractivity contribution in [2.45, 2.75) is 13.8 Å². The fourth-order valence-electron chi connectivity index (χ4n) is 1.67. The minimum atomic E-state index is 0.723. The van der Waals surface area contributed by atoms with Gasteiger partial charge < -0.3 is 4.90 Å². The maximum Gasteiger partial charge on any atom is 0.114 e. The first-order valence-corrected chi connectivity index (χ1v) is 4.78. The lowest BCUT2D eigenvalue weighted by Gasteiger charge is -2.22. The van der Waals surface area contributed by atoms with Gasteiger partial charge in [-0.1, -0.05) is 17.7 Å². The Labute approximate surface area is 84.6 Å². The van der Waals surface area contributed by atoms with E-state index < -0.39 is 0 Å². The quantitative estimate of drug-likeness (QED) is 0.658. The highest BCUT2D eigenvalue weighted by Gasteiger charge is 2.06. The summed E-state index contributed by atoms with van der Waals surface area (Å²) in [6.07, 6.45) is 5.85. The van der Waals surface area contributed by atoms with E-state index in [1.54, 1.807) is 0 Å². The number of anilines is 1. The van der Waals surface area contributed by atoms with Crippen LogP contribution in [0.25, 0.3) is 0 Å². The van der Waals surface area contributed by atoms with Gasteiger partial charge in [-0.15, -0.1) is 0 Å². The molecule has 1 aliphatic heterocycles. The molecule has 1 aliphatic rings. The average Bonchev–Trinajstić information content (AvgIpc) is 2.19. The van der Waals surface area contributed by atoms with Gasteiger partial charge in [0.2, 0.25) is 0 Å². The van der Waals surface area contributed by atoms with Crippen molar-refractivity contribution in [1.82, 2.24) is 0 Å². The Balaban J connectivity index is 2.32. The van der Waals surface area contributed by atoms with E-state index in [1.807, 2.05) is 12.3 Å². The molecule has 2 heteroatoms. The van der Waals surface area contributed by atoms with Crippen LogP contribution in [-0.4, -0.2) is 12.9 Å². The Morgan fingerprint density at radius 2 is 2.14 bits per heavy atom. The van der Waals surface area contributed by atoms with Gasteiger partial charge >= 0.3 is 0 Å². The SMILES string of the molecule is Cc1ccc(N2C=CC=NC2)c(C)c1. The third kappa shape index (κ3) is 1.69. The molecule has 0 saturated carbocycles. The summed E-state index contributed by atoms with van der Waals surface area (Å²) in [5.41, 5.74) is 3.84. The summed E-state index contributed by atoms with van der Waals surface area (Å²) in [6.45, 7) is 4.97. The third-order valence-corrected chi connectivity index (χ3v) is 2.35. The zero-order valence-corrected chi connectivity index (χ0v) is 8.57. The van der Waals surface area contributed by atoms with Gasteiger partial charge in [0.1, 0.15) is 6.67 Å². The fraction of sp³-hybridized carbons (Fsp3) is 0.250. The van der Waals surface area contributed by atoms with Crippen LogP contribution >= 0.6 is 0 Å². The average molecular weight is 186 g/mol. The molecule has 0 N–H and O–H groups in total. The zero-order valence-electron chi connectivity index (χ0n) is 8.57. The Bertz CT molecular complexity index is 391. The van der Waals surface area contributed by atoms with Gasteiger partial charge in [-0.3, -0.25) is 4.99 Å². The van der Waals surface area contributed by atoms with Crippen molar-refractivity contribution >= 4 is 11.9 Å². The van der Waals surface area contributed by atoms with E-state index in [0.29, 0.717) is 0 Å². The topological polar surface area (TPSA) is 15.6 Å². The van der Waals surface area contributed by atoms with Gasteiger partial charge in [0.25, 0.3) is 0 Å². The smallest absolute Gasteiger partial charge is 0.114 e. The minimum absolute atomic E-state index is 0.723. The molecule has 0 saturated heterocycles. The predicted octanol–water partition coefficient (Wildman–Crippen LogP) is 2.67. The highest BCUT2D eigenvalue weighted by Crippen LogP contribution is 2.21. The summed E-state index contributed by atoms with van der Waals surface area (Å²) in [5.74, 6) is 0. The van der Waals surface area contributed by atoms with Crippen molar-refractivity contribution < 1.29 is 0 Å². The van der Waals surface area contributed by atoms with E-state index in [9.17, 15) is 0 Å². The van der Waals surface area contributed by atoms with Crippen LogP contribution in [0.4, 0.5) is 5.69 Å². The molecule has 2 nitrogen and oxygen atoms in total. The van der Waals surface area contributed by atoms with Crippen LogP contribution < -0.4 is 4.90 Å². The van der Waals surface area contributed by atoms with Gasteiger partial charge in [0.05, 0.1) is 0 Å². The molecular weight excluding hydrogens is 172 g/mol. The molecular formula is C12H14N2. The van der Waals surface area contributed by atoms with Crippen molar-refractivity contribution in [3.63, 3.8) is 0 Å². The van der Waals surface area contributed by atoms with Gasteiger partial charge in [0, 0.05) is 18.1 Å². The third-order valence-electron chi connectivity index (χ3n) is 2.35. The second-order valence-electron chi connectivity index (χ2n) is 3.57. The van der Waals surface area contributed by atoms with Crippen molar-refractivity contribution in [1.29, 1.82) is 0 Å². The van der Waals surface area contributed by atoms with Gasteiger partial charge in [-0.25, -0.2) is 0 Å². The Morgan fingerprint density at radius 3 is 2.79 bits per heavy atom. The predicted molar refractivity (Wildman–Crippen MR) is 60.9 cm³/mol. The number of rotatable bonds is 1. The first kappa shape index (κ1) is 9.00. The number of allylic oxidation sites excluding steroid dienone is 1. The summed E-state index contributed by atoms with van der Waals surface area (Å²) in [4.78, 5) is 6.36. The zero-order chi connectivity index (χ0) is 9.97. The standard InChI is InChI=1S/C12H14N2/c1-10-4-5-12(11(2)8-10)14-7-3-6-13-9-14/h3-8H,9H2,1-2H3. The molecule has 0 spiro atoms. The summed E-state index contributed by atoms with van der Waals surface area (Å²) in [6, 6.07) is 6.48. The molecule has 0 aliphatic carbocycles. The van der Waals surface area contributed by atoms with Crippen molar-refractivity contribution in [2.75, 3.05) is 11.6 Å². The second-order valence-corrected chi connectivity index (χ2v) is 3.57. The largest absolute Gasteiger partial charge is 0.328 e. The fourth-order valence-corrected chi connectivity index (χ4v) is 1.67. The monoisotopic (exact) mass is 186 g/mol. The molecule has 0 aromatic heterocycles. The lowest BCUT2D eigenvalue weighted by molar-refractivity contribution is 0.963. The first-order valence-electron chi connectivity index (χ1n) is 4.78. The highest BCUT2D eigenvalue weighted by molar-refractivity contribution is 5.74. The lowest BCUT2D eigenvalue weighted by Crippen LogP contribution is -2.19. The molecule has 2 rings (SSSR count). The van der Waals surface area contributed by atoms with Crippen LogP contribution in [0.2, 0.25) is 0 Å². The molecule has 72 valence electrons. The van der Waals surface area contributed by atoms with E-state index in [4.69, 9.17) is 0 Å². The van der Waals surface area contributed by atoms with E-state index in [-0.39, 0.29) is 0 Å². The summed E-state index contributed by atoms with van der Waals surface area (Å²) in [7, 11) is 0. The van der Waals surface area contributed by atoms with Crippen molar-refractivity contribution in [3.05, 3.63) is 41.6 Å². The summed E-state index contributed by atoms with van der Waals surface area (Å²) in [5, 5.41) is 0. The first-order chi connectivity index (χ1) is 6.77. The number of benzene rings is 1. The van der Waals surface area contributed by atoms with Crippen LogP contribution in [0.15, 0.2) is 35.5 Å². The summed E-state index contributed by atoms with van der Waals surface area (Å²) < 4.78 is 0. The molecule has 0 bridgehead atoms. The molecule has 14 heavy (non-hydrogen) atoms. The second kappa shape index (κ2) is 3.66.